The molecule has 6 heteroatoms. The fourth-order valence-corrected chi connectivity index (χ4v) is 4.44. The van der Waals surface area contributed by atoms with Crippen molar-refractivity contribution in [1.29, 1.82) is 0 Å². The molecule has 2 aromatic rings. The summed E-state index contributed by atoms with van der Waals surface area (Å²) in [4.78, 5) is 14.7. The van der Waals surface area contributed by atoms with Gasteiger partial charge >= 0.3 is 0 Å². The maximum Gasteiger partial charge on any atom is 0.253 e. The number of nitrogens with zero attached hydrogens (tertiary/aromatic N) is 1. The van der Waals surface area contributed by atoms with Gasteiger partial charge in [0.15, 0.2) is 0 Å². The largest absolute Gasteiger partial charge is 0.339 e. The maximum atomic E-state index is 12.8. The summed E-state index contributed by atoms with van der Waals surface area (Å²) in [6.45, 7) is 3.99. The summed E-state index contributed by atoms with van der Waals surface area (Å²) in [6, 6.07) is 14.4. The summed E-state index contributed by atoms with van der Waals surface area (Å²) in [5, 5.41) is 0. The van der Waals surface area contributed by atoms with Gasteiger partial charge in [0.05, 0.1) is 4.90 Å². The van der Waals surface area contributed by atoms with Gasteiger partial charge in [-0.1, -0.05) is 36.4 Å². The highest BCUT2D eigenvalue weighted by Crippen LogP contribution is 2.35. The molecule has 0 heterocycles. The molecule has 1 fully saturated rings. The van der Waals surface area contributed by atoms with Gasteiger partial charge in [-0.3, -0.25) is 4.79 Å². The number of rotatable bonds is 7. The molecular formula is C21H26N2O3S. The molecule has 3 rings (SSSR count). The number of hydrogen-bond acceptors (Lipinski definition) is 3. The first-order valence-electron chi connectivity index (χ1n) is 9.21. The number of benzene rings is 2. The van der Waals surface area contributed by atoms with E-state index in [0.717, 1.165) is 18.4 Å². The van der Waals surface area contributed by atoms with Crippen molar-refractivity contribution in [3.63, 3.8) is 0 Å². The van der Waals surface area contributed by atoms with Crippen molar-refractivity contribution in [2.75, 3.05) is 7.05 Å². The van der Waals surface area contributed by atoms with Crippen LogP contribution in [0.15, 0.2) is 53.4 Å². The lowest BCUT2D eigenvalue weighted by Gasteiger charge is -2.25. The zero-order valence-corrected chi connectivity index (χ0v) is 16.8. The van der Waals surface area contributed by atoms with E-state index in [-0.39, 0.29) is 23.4 Å². The van der Waals surface area contributed by atoms with Gasteiger partial charge in [-0.2, -0.15) is 0 Å². The zero-order valence-electron chi connectivity index (χ0n) is 16.0. The Kier molecular flexibility index (Phi) is 5.67. The third-order valence-electron chi connectivity index (χ3n) is 5.27. The van der Waals surface area contributed by atoms with Gasteiger partial charge in [-0.05, 0) is 55.9 Å². The lowest BCUT2D eigenvalue weighted by atomic mass is 10.1. The predicted octanol–water partition coefficient (Wildman–Crippen LogP) is 3.34. The van der Waals surface area contributed by atoms with Crippen LogP contribution in [0.5, 0.6) is 0 Å². The van der Waals surface area contributed by atoms with Crippen LogP contribution in [-0.2, 0) is 16.6 Å². The van der Waals surface area contributed by atoms with Gasteiger partial charge in [-0.25, -0.2) is 13.1 Å². The van der Waals surface area contributed by atoms with Crippen molar-refractivity contribution in [2.45, 2.75) is 44.2 Å². The number of aryl methyl sites for hydroxylation is 1. The summed E-state index contributed by atoms with van der Waals surface area (Å²) in [5.74, 6) is 0.411. The number of hydrogen-bond donors (Lipinski definition) is 1. The first-order valence-corrected chi connectivity index (χ1v) is 10.7. The van der Waals surface area contributed by atoms with Gasteiger partial charge in [0.2, 0.25) is 10.0 Å². The molecular weight excluding hydrogens is 360 g/mol. The monoisotopic (exact) mass is 386 g/mol. The van der Waals surface area contributed by atoms with Crippen LogP contribution in [-0.4, -0.2) is 32.3 Å². The summed E-state index contributed by atoms with van der Waals surface area (Å²) in [6.07, 6.45) is 2.30. The highest BCUT2D eigenvalue weighted by molar-refractivity contribution is 7.89. The number of sulfonamides is 1. The second-order valence-corrected chi connectivity index (χ2v) is 9.02. The third-order valence-corrected chi connectivity index (χ3v) is 6.81. The molecule has 5 nitrogen and oxygen atoms in total. The molecule has 1 atom stereocenters. The summed E-state index contributed by atoms with van der Waals surface area (Å²) in [5.41, 5.74) is 1.89. The molecule has 0 saturated heterocycles. The summed E-state index contributed by atoms with van der Waals surface area (Å²) < 4.78 is 28.2. The van der Waals surface area contributed by atoms with Crippen molar-refractivity contribution in [3.05, 3.63) is 65.2 Å². The molecule has 0 radical (unpaired) electrons. The highest BCUT2D eigenvalue weighted by Gasteiger charge is 2.33. The van der Waals surface area contributed by atoms with E-state index in [1.54, 1.807) is 31.0 Å². The predicted molar refractivity (Wildman–Crippen MR) is 106 cm³/mol. The highest BCUT2D eigenvalue weighted by atomic mass is 32.2. The quantitative estimate of drug-likeness (QED) is 0.794. The molecule has 1 aliphatic carbocycles. The number of carbonyl (C=O) groups is 1. The maximum absolute atomic E-state index is 12.8. The summed E-state index contributed by atoms with van der Waals surface area (Å²) in [7, 11) is -1.93. The van der Waals surface area contributed by atoms with E-state index in [2.05, 4.69) is 4.72 Å². The molecule has 1 aliphatic rings. The Morgan fingerprint density at radius 2 is 1.85 bits per heavy atom. The van der Waals surface area contributed by atoms with Gasteiger partial charge in [0.1, 0.15) is 0 Å². The van der Waals surface area contributed by atoms with Crippen LogP contribution in [0.2, 0.25) is 0 Å². The fourth-order valence-electron chi connectivity index (χ4n) is 3.16. The van der Waals surface area contributed by atoms with Gasteiger partial charge in [0, 0.05) is 25.2 Å². The molecule has 0 aliphatic heterocycles. The van der Waals surface area contributed by atoms with E-state index in [1.165, 1.54) is 6.07 Å². The standard InChI is InChI=1S/C21H26N2O3S/c1-15-9-10-19(21(24)23(3)16(2)18-11-12-18)13-20(15)27(25,26)22-14-17-7-5-4-6-8-17/h4-10,13,16,18,22H,11-12,14H2,1-3H3. The summed E-state index contributed by atoms with van der Waals surface area (Å²) >= 11 is 0. The molecule has 1 N–H and O–H groups in total. The average Bonchev–Trinajstić information content (AvgIpc) is 3.51. The van der Waals surface area contributed by atoms with Gasteiger partial charge < -0.3 is 4.90 Å². The SMILES string of the molecule is Cc1ccc(C(=O)N(C)C(C)C2CC2)cc1S(=O)(=O)NCc1ccccc1. The van der Waals surface area contributed by atoms with Gasteiger partial charge in [0.25, 0.3) is 5.91 Å². The Balaban J connectivity index is 1.80. The lowest BCUT2D eigenvalue weighted by molar-refractivity contribution is 0.0727. The topological polar surface area (TPSA) is 66.5 Å². The Labute approximate surface area is 161 Å². The number of carbonyl (C=O) groups excluding carboxylic acids is 1. The van der Waals surface area contributed by atoms with Crippen LogP contribution in [0, 0.1) is 12.8 Å². The molecule has 1 amide bonds. The first-order chi connectivity index (χ1) is 12.8. The van der Waals surface area contributed by atoms with Crippen LogP contribution >= 0.6 is 0 Å². The van der Waals surface area contributed by atoms with Crippen molar-refractivity contribution >= 4 is 15.9 Å². The van der Waals surface area contributed by atoms with E-state index < -0.39 is 10.0 Å². The molecule has 1 unspecified atom stereocenters. The Hall–Kier alpha value is -2.18. The van der Waals surface area contributed by atoms with E-state index in [1.807, 2.05) is 37.3 Å². The average molecular weight is 387 g/mol. The van der Waals surface area contributed by atoms with E-state index in [9.17, 15) is 13.2 Å². The minimum atomic E-state index is -3.72. The molecule has 144 valence electrons. The van der Waals surface area contributed by atoms with E-state index in [0.29, 0.717) is 17.0 Å². The van der Waals surface area contributed by atoms with Crippen molar-refractivity contribution in [2.24, 2.45) is 5.92 Å². The van der Waals surface area contributed by atoms with Crippen LogP contribution in [0.25, 0.3) is 0 Å². The van der Waals surface area contributed by atoms with E-state index in [4.69, 9.17) is 0 Å². The normalized spacial score (nSPS) is 15.4. The first kappa shape index (κ1) is 19.6. The van der Waals surface area contributed by atoms with Crippen LogP contribution in [0.1, 0.15) is 41.3 Å². The zero-order chi connectivity index (χ0) is 19.6. The Bertz CT molecular complexity index is 922. The van der Waals surface area contributed by atoms with E-state index >= 15 is 0 Å². The molecule has 27 heavy (non-hydrogen) atoms. The van der Waals surface area contributed by atoms with Crippen LogP contribution in [0.4, 0.5) is 0 Å². The second kappa shape index (κ2) is 7.82. The fraction of sp³-hybridized carbons (Fsp3) is 0.381. The number of nitrogens with one attached hydrogen (secondary N) is 1. The van der Waals surface area contributed by atoms with Crippen molar-refractivity contribution in [3.8, 4) is 0 Å². The molecule has 0 aromatic heterocycles. The Morgan fingerprint density at radius 1 is 1.19 bits per heavy atom. The number of amides is 1. The smallest absolute Gasteiger partial charge is 0.253 e. The minimum Gasteiger partial charge on any atom is -0.339 e. The van der Waals surface area contributed by atoms with Crippen molar-refractivity contribution in [1.82, 2.24) is 9.62 Å². The molecule has 0 bridgehead atoms. The Morgan fingerprint density at radius 3 is 2.48 bits per heavy atom. The lowest BCUT2D eigenvalue weighted by Crippen LogP contribution is -2.36. The third kappa shape index (κ3) is 4.57. The van der Waals surface area contributed by atoms with Crippen molar-refractivity contribution < 1.29 is 13.2 Å². The molecule has 0 spiro atoms. The van der Waals surface area contributed by atoms with Gasteiger partial charge in [-0.15, -0.1) is 0 Å². The minimum absolute atomic E-state index is 0.145. The molecule has 1 saturated carbocycles. The second-order valence-electron chi connectivity index (χ2n) is 7.28. The molecule has 2 aromatic carbocycles. The van der Waals surface area contributed by atoms with Crippen LogP contribution < -0.4 is 4.72 Å². The van der Waals surface area contributed by atoms with Crippen LogP contribution in [0.3, 0.4) is 0 Å².